The molecular formula is C12H17NOS2. The van der Waals surface area contributed by atoms with Gasteiger partial charge < -0.3 is 0 Å². The summed E-state index contributed by atoms with van der Waals surface area (Å²) < 4.78 is 0. The molecule has 0 radical (unpaired) electrons. The van der Waals surface area contributed by atoms with E-state index >= 15 is 0 Å². The van der Waals surface area contributed by atoms with Gasteiger partial charge in [-0.3, -0.25) is 4.79 Å². The Kier molecular flexibility index (Phi) is 4.03. The Labute approximate surface area is 105 Å². The molecule has 2 nitrogen and oxygen atoms in total. The van der Waals surface area contributed by atoms with Crippen molar-refractivity contribution < 1.29 is 4.79 Å². The lowest BCUT2D eigenvalue weighted by atomic mass is 10.1. The first kappa shape index (κ1) is 12.1. The van der Waals surface area contributed by atoms with Crippen LogP contribution in [0.3, 0.4) is 0 Å². The molecule has 1 aromatic rings. The zero-order chi connectivity index (χ0) is 11.5. The molecule has 4 heteroatoms. The molecule has 1 aliphatic heterocycles. The Morgan fingerprint density at radius 2 is 2.25 bits per heavy atom. The summed E-state index contributed by atoms with van der Waals surface area (Å²) in [5.74, 6) is 1.52. The molecule has 88 valence electrons. The maximum Gasteiger partial charge on any atom is 0.152 e. The van der Waals surface area contributed by atoms with Crippen molar-refractivity contribution in [1.29, 1.82) is 0 Å². The number of hydrogen-bond acceptors (Lipinski definition) is 4. The highest BCUT2D eigenvalue weighted by molar-refractivity contribution is 8.00. The average Bonchev–Trinajstić information content (AvgIpc) is 2.59. The van der Waals surface area contributed by atoms with Crippen molar-refractivity contribution in [2.45, 2.75) is 44.8 Å². The third kappa shape index (κ3) is 2.86. The molecule has 2 rings (SSSR count). The van der Waals surface area contributed by atoms with Crippen LogP contribution in [0.1, 0.15) is 34.8 Å². The lowest BCUT2D eigenvalue weighted by molar-refractivity contribution is -0.118. The van der Waals surface area contributed by atoms with Gasteiger partial charge in [-0.1, -0.05) is 6.42 Å². The van der Waals surface area contributed by atoms with E-state index in [0.717, 1.165) is 22.9 Å². The third-order valence-corrected chi connectivity index (χ3v) is 5.44. The van der Waals surface area contributed by atoms with Gasteiger partial charge in [-0.2, -0.15) is 11.8 Å². The van der Waals surface area contributed by atoms with Gasteiger partial charge in [0, 0.05) is 4.88 Å². The zero-order valence-electron chi connectivity index (χ0n) is 9.78. The number of rotatable bonds is 3. The summed E-state index contributed by atoms with van der Waals surface area (Å²) in [7, 11) is 0. The van der Waals surface area contributed by atoms with E-state index in [9.17, 15) is 4.79 Å². The quantitative estimate of drug-likeness (QED) is 0.831. The van der Waals surface area contributed by atoms with Gasteiger partial charge in [-0.05, 0) is 32.4 Å². The largest absolute Gasteiger partial charge is 0.298 e. The summed E-state index contributed by atoms with van der Waals surface area (Å²) in [5, 5.41) is 1.23. The Balaban J connectivity index is 1.95. The number of carbonyl (C=O) groups excluding carboxylic acids is 1. The number of thioether (sulfide) groups is 1. The summed E-state index contributed by atoms with van der Waals surface area (Å²) >= 11 is 3.49. The monoisotopic (exact) mass is 255 g/mol. The number of hydrogen-bond donors (Lipinski definition) is 0. The number of Topliss-reactive ketones (excluding diaryl/α,β-unsaturated/α-hetero) is 1. The molecule has 1 atom stereocenters. The molecule has 1 fully saturated rings. The molecule has 0 bridgehead atoms. The average molecular weight is 255 g/mol. The van der Waals surface area contributed by atoms with Crippen molar-refractivity contribution in [2.24, 2.45) is 0 Å². The second kappa shape index (κ2) is 5.32. The van der Waals surface area contributed by atoms with E-state index in [0.29, 0.717) is 12.2 Å². The Bertz CT molecular complexity index is 361. The standard InChI is InChI=1S/C12H17NOS2/c1-8-9(2)16-12(13-8)7-10(14)11-5-3-4-6-15-11/h11H,3-7H2,1-2H3. The number of aryl methyl sites for hydroxylation is 2. The molecule has 1 aliphatic rings. The van der Waals surface area contributed by atoms with Crippen molar-refractivity contribution in [3.63, 3.8) is 0 Å². The predicted molar refractivity (Wildman–Crippen MR) is 70.4 cm³/mol. The molecule has 2 heterocycles. The van der Waals surface area contributed by atoms with Crippen LogP contribution in [0, 0.1) is 13.8 Å². The van der Waals surface area contributed by atoms with E-state index in [2.05, 4.69) is 11.9 Å². The van der Waals surface area contributed by atoms with Crippen LogP contribution in [0.25, 0.3) is 0 Å². The summed E-state index contributed by atoms with van der Waals surface area (Å²) in [4.78, 5) is 17.7. The lowest BCUT2D eigenvalue weighted by Crippen LogP contribution is -2.22. The molecule has 0 aliphatic carbocycles. The molecule has 0 amide bonds. The normalized spacial score (nSPS) is 21.0. The fourth-order valence-corrected chi connectivity index (χ4v) is 4.07. The van der Waals surface area contributed by atoms with Gasteiger partial charge >= 0.3 is 0 Å². The summed E-state index contributed by atoms with van der Waals surface area (Å²) in [6.07, 6.45) is 4.08. The van der Waals surface area contributed by atoms with Crippen molar-refractivity contribution in [3.8, 4) is 0 Å². The van der Waals surface area contributed by atoms with Crippen molar-refractivity contribution in [3.05, 3.63) is 15.6 Å². The van der Waals surface area contributed by atoms with E-state index in [1.54, 1.807) is 11.3 Å². The summed E-state index contributed by atoms with van der Waals surface area (Å²) in [6, 6.07) is 0. The summed E-state index contributed by atoms with van der Waals surface area (Å²) in [6.45, 7) is 4.07. The van der Waals surface area contributed by atoms with Gasteiger partial charge in [0.1, 0.15) is 5.01 Å². The number of thiazole rings is 1. The van der Waals surface area contributed by atoms with E-state index in [4.69, 9.17) is 0 Å². The molecule has 16 heavy (non-hydrogen) atoms. The predicted octanol–water partition coefficient (Wildman–Crippen LogP) is 3.16. The van der Waals surface area contributed by atoms with Crippen LogP contribution in [0.5, 0.6) is 0 Å². The smallest absolute Gasteiger partial charge is 0.152 e. The van der Waals surface area contributed by atoms with Crippen LogP contribution < -0.4 is 0 Å². The van der Waals surface area contributed by atoms with Gasteiger partial charge in [0.25, 0.3) is 0 Å². The Hall–Kier alpha value is -0.350. The number of aromatic nitrogens is 1. The number of carbonyl (C=O) groups is 1. The highest BCUT2D eigenvalue weighted by Gasteiger charge is 2.22. The van der Waals surface area contributed by atoms with Crippen LogP contribution in [0.15, 0.2) is 0 Å². The Morgan fingerprint density at radius 3 is 2.81 bits per heavy atom. The first-order valence-corrected chi connectivity index (χ1v) is 7.60. The highest BCUT2D eigenvalue weighted by atomic mass is 32.2. The van der Waals surface area contributed by atoms with Crippen LogP contribution in [-0.2, 0) is 11.2 Å². The topological polar surface area (TPSA) is 30.0 Å². The van der Waals surface area contributed by atoms with Crippen LogP contribution in [0.2, 0.25) is 0 Å². The minimum absolute atomic E-state index is 0.235. The number of ketones is 1. The lowest BCUT2D eigenvalue weighted by Gasteiger charge is -2.19. The minimum Gasteiger partial charge on any atom is -0.298 e. The molecule has 0 aromatic carbocycles. The Morgan fingerprint density at radius 1 is 1.44 bits per heavy atom. The first-order valence-electron chi connectivity index (χ1n) is 5.74. The minimum atomic E-state index is 0.235. The van der Waals surface area contributed by atoms with Gasteiger partial charge in [-0.15, -0.1) is 11.3 Å². The fraction of sp³-hybridized carbons (Fsp3) is 0.667. The SMILES string of the molecule is Cc1nc(CC(=O)C2CCCCS2)sc1C. The maximum absolute atomic E-state index is 12.0. The molecule has 1 aromatic heterocycles. The van der Waals surface area contributed by atoms with Crippen LogP contribution >= 0.6 is 23.1 Å². The first-order chi connectivity index (χ1) is 7.66. The van der Waals surface area contributed by atoms with Gasteiger partial charge in [0.05, 0.1) is 17.4 Å². The van der Waals surface area contributed by atoms with E-state index in [1.165, 1.54) is 17.7 Å². The molecular weight excluding hydrogens is 238 g/mol. The second-order valence-corrected chi connectivity index (χ2v) is 6.85. The molecule has 0 N–H and O–H groups in total. The van der Waals surface area contributed by atoms with Crippen LogP contribution in [-0.4, -0.2) is 21.8 Å². The van der Waals surface area contributed by atoms with Crippen molar-refractivity contribution in [1.82, 2.24) is 4.98 Å². The van der Waals surface area contributed by atoms with Crippen molar-refractivity contribution in [2.75, 3.05) is 5.75 Å². The van der Waals surface area contributed by atoms with Gasteiger partial charge in [-0.25, -0.2) is 4.98 Å². The van der Waals surface area contributed by atoms with Crippen LogP contribution in [0.4, 0.5) is 0 Å². The molecule has 1 saturated heterocycles. The zero-order valence-corrected chi connectivity index (χ0v) is 11.4. The summed E-state index contributed by atoms with van der Waals surface area (Å²) in [5.41, 5.74) is 1.07. The third-order valence-electron chi connectivity index (χ3n) is 2.94. The maximum atomic E-state index is 12.0. The van der Waals surface area contributed by atoms with Crippen molar-refractivity contribution >= 4 is 28.9 Å². The molecule has 0 spiro atoms. The second-order valence-electron chi connectivity index (χ2n) is 4.25. The fourth-order valence-electron chi connectivity index (χ4n) is 1.87. The molecule has 0 saturated carbocycles. The molecule has 1 unspecified atom stereocenters. The van der Waals surface area contributed by atoms with E-state index in [1.807, 2.05) is 18.7 Å². The van der Waals surface area contributed by atoms with Gasteiger partial charge in [0.15, 0.2) is 5.78 Å². The van der Waals surface area contributed by atoms with Gasteiger partial charge in [0.2, 0.25) is 0 Å². The number of nitrogens with zero attached hydrogens (tertiary/aromatic N) is 1. The van der Waals surface area contributed by atoms with E-state index in [-0.39, 0.29) is 5.25 Å². The van der Waals surface area contributed by atoms with E-state index < -0.39 is 0 Å². The highest BCUT2D eigenvalue weighted by Crippen LogP contribution is 2.27.